The number of hydrogen-bond donors (Lipinski definition) is 1. The van der Waals surface area contributed by atoms with Crippen molar-refractivity contribution < 1.29 is 26.3 Å². The van der Waals surface area contributed by atoms with Crippen LogP contribution in [0.5, 0.6) is 0 Å². The summed E-state index contributed by atoms with van der Waals surface area (Å²) >= 11 is 0. The monoisotopic (exact) mass is 194 g/mol. The number of alkyl halides is 6. The first kappa shape index (κ1) is 11.5. The van der Waals surface area contributed by atoms with Crippen LogP contribution in [0.15, 0.2) is 0 Å². The average molecular weight is 194 g/mol. The fourth-order valence-electron chi connectivity index (χ4n) is 0.577. The van der Waals surface area contributed by atoms with Crippen LogP contribution in [-0.4, -0.2) is 12.4 Å². The summed E-state index contributed by atoms with van der Waals surface area (Å²) in [7, 11) is 0. The molecule has 73 valence electrons. The average Bonchev–Trinajstić information content (AvgIpc) is 1.49. The lowest BCUT2D eigenvalue weighted by atomic mass is 10.1. The van der Waals surface area contributed by atoms with E-state index in [1.807, 2.05) is 0 Å². The summed E-state index contributed by atoms with van der Waals surface area (Å²) in [5, 5.41) is 0. The van der Waals surface area contributed by atoms with Gasteiger partial charge in [0.25, 0.3) is 0 Å². The molecule has 0 heterocycles. The van der Waals surface area contributed by atoms with E-state index >= 15 is 0 Å². The first-order valence-electron chi connectivity index (χ1n) is 2.84. The van der Waals surface area contributed by atoms with Gasteiger partial charge in [0.15, 0.2) is 0 Å². The highest BCUT2D eigenvalue weighted by molar-refractivity contribution is 4.87. The number of rotatable bonds is 2. The van der Waals surface area contributed by atoms with E-state index in [0.29, 0.717) is 0 Å². The molecule has 0 aliphatic heterocycles. The maximum absolute atomic E-state index is 11.4. The maximum atomic E-state index is 11.4. The largest absolute Gasteiger partial charge is 0.390 e. The fourth-order valence-corrected chi connectivity index (χ4v) is 0.577. The summed E-state index contributed by atoms with van der Waals surface area (Å²) in [5.41, 5.74) is 4.52. The van der Waals surface area contributed by atoms with Crippen molar-refractivity contribution in [2.75, 3.05) is 0 Å². The molecule has 1 radical (unpaired) electrons. The molecule has 0 rings (SSSR count). The summed E-state index contributed by atoms with van der Waals surface area (Å²) in [5.74, 6) is 0. The van der Waals surface area contributed by atoms with Crippen LogP contribution in [0.2, 0.25) is 0 Å². The zero-order chi connectivity index (χ0) is 9.99. The van der Waals surface area contributed by atoms with E-state index in [9.17, 15) is 26.3 Å². The third-order valence-electron chi connectivity index (χ3n) is 0.855. The van der Waals surface area contributed by atoms with Crippen LogP contribution in [0, 0.1) is 6.04 Å². The lowest BCUT2D eigenvalue weighted by Crippen LogP contribution is -2.25. The van der Waals surface area contributed by atoms with Gasteiger partial charge in [0, 0.05) is 0 Å². The van der Waals surface area contributed by atoms with Gasteiger partial charge in [-0.25, -0.2) is 0 Å². The molecule has 0 bridgehead atoms. The van der Waals surface area contributed by atoms with E-state index in [4.69, 9.17) is 0 Å². The van der Waals surface area contributed by atoms with Crippen LogP contribution < -0.4 is 5.73 Å². The van der Waals surface area contributed by atoms with Crippen LogP contribution >= 0.6 is 0 Å². The quantitative estimate of drug-likeness (QED) is 0.671. The third kappa shape index (κ3) is 7.64. The summed E-state index contributed by atoms with van der Waals surface area (Å²) in [6.07, 6.45) is -12.7. The molecule has 0 saturated heterocycles. The highest BCUT2D eigenvalue weighted by Crippen LogP contribution is 2.30. The molecule has 0 aromatic rings. The Hall–Kier alpha value is -0.460. The van der Waals surface area contributed by atoms with Gasteiger partial charge in [-0.1, -0.05) is 0 Å². The second-order valence-corrected chi connectivity index (χ2v) is 2.24. The number of halogens is 6. The number of hydrogen-bond acceptors (Lipinski definition) is 1. The SMILES string of the molecule is N[C](CC(F)(F)F)CC(F)(F)F. The Kier molecular flexibility index (Phi) is 3.37. The molecular weight excluding hydrogens is 188 g/mol. The lowest BCUT2D eigenvalue weighted by molar-refractivity contribution is -0.150. The molecule has 0 saturated carbocycles. The highest BCUT2D eigenvalue weighted by Gasteiger charge is 2.37. The summed E-state index contributed by atoms with van der Waals surface area (Å²) < 4.78 is 68.5. The van der Waals surface area contributed by atoms with Gasteiger partial charge < -0.3 is 5.73 Å². The minimum absolute atomic E-state index is 1.12. The first-order chi connectivity index (χ1) is 5.10. The molecule has 1 nitrogen and oxygen atoms in total. The van der Waals surface area contributed by atoms with Crippen LogP contribution in [0.4, 0.5) is 26.3 Å². The van der Waals surface area contributed by atoms with E-state index in [0.717, 1.165) is 0 Å². The van der Waals surface area contributed by atoms with Gasteiger partial charge in [-0.05, 0) is 0 Å². The molecule has 0 unspecified atom stereocenters. The summed E-state index contributed by atoms with van der Waals surface area (Å²) in [6.45, 7) is 0. The fraction of sp³-hybridized carbons (Fsp3) is 0.800. The van der Waals surface area contributed by atoms with Gasteiger partial charge in [-0.3, -0.25) is 0 Å². The Balaban J connectivity index is 3.83. The van der Waals surface area contributed by atoms with Crippen molar-refractivity contribution in [1.82, 2.24) is 0 Å². The van der Waals surface area contributed by atoms with Gasteiger partial charge >= 0.3 is 12.4 Å². The van der Waals surface area contributed by atoms with Crippen molar-refractivity contribution in [3.05, 3.63) is 6.04 Å². The van der Waals surface area contributed by atoms with Gasteiger partial charge in [0.1, 0.15) is 0 Å². The smallest absolute Gasteiger partial charge is 0.323 e. The Morgan fingerprint density at radius 3 is 1.25 bits per heavy atom. The molecule has 0 aliphatic carbocycles. The molecule has 0 atom stereocenters. The van der Waals surface area contributed by atoms with Gasteiger partial charge in [0.2, 0.25) is 0 Å². The van der Waals surface area contributed by atoms with E-state index < -0.39 is 31.2 Å². The molecule has 12 heavy (non-hydrogen) atoms. The molecule has 0 aromatic carbocycles. The van der Waals surface area contributed by atoms with Crippen molar-refractivity contribution in [2.45, 2.75) is 25.2 Å². The maximum Gasteiger partial charge on any atom is 0.390 e. The molecule has 7 heteroatoms. The van der Waals surface area contributed by atoms with E-state index in [1.54, 1.807) is 0 Å². The van der Waals surface area contributed by atoms with Gasteiger partial charge in [-0.2, -0.15) is 26.3 Å². The topological polar surface area (TPSA) is 26.0 Å². The Morgan fingerprint density at radius 2 is 1.08 bits per heavy atom. The standard InChI is InChI=1S/C5H6F6N/c6-4(7,8)1-3(12)2-5(9,10)11/h1-2,12H2. The molecule has 0 fully saturated rings. The third-order valence-corrected chi connectivity index (χ3v) is 0.855. The molecular formula is C5H6F6N. The molecule has 0 spiro atoms. The van der Waals surface area contributed by atoms with Gasteiger partial charge in [0.05, 0.1) is 18.9 Å². The van der Waals surface area contributed by atoms with Crippen molar-refractivity contribution >= 4 is 0 Å². The summed E-state index contributed by atoms with van der Waals surface area (Å²) in [4.78, 5) is 0. The van der Waals surface area contributed by atoms with Crippen LogP contribution in [-0.2, 0) is 0 Å². The van der Waals surface area contributed by atoms with E-state index in [-0.39, 0.29) is 0 Å². The lowest BCUT2D eigenvalue weighted by Gasteiger charge is -2.14. The molecule has 2 N–H and O–H groups in total. The second kappa shape index (κ2) is 3.51. The number of nitrogens with two attached hydrogens (primary N) is 1. The van der Waals surface area contributed by atoms with Crippen LogP contribution in [0.25, 0.3) is 0 Å². The molecule has 0 aliphatic rings. The predicted molar refractivity (Wildman–Crippen MR) is 28.8 cm³/mol. The van der Waals surface area contributed by atoms with Gasteiger partial charge in [-0.15, -0.1) is 0 Å². The molecule has 0 amide bonds. The van der Waals surface area contributed by atoms with Crippen molar-refractivity contribution in [3.63, 3.8) is 0 Å². The van der Waals surface area contributed by atoms with Crippen molar-refractivity contribution in [1.29, 1.82) is 0 Å². The Morgan fingerprint density at radius 1 is 0.833 bits per heavy atom. The minimum atomic E-state index is -4.67. The highest BCUT2D eigenvalue weighted by atomic mass is 19.4. The Labute approximate surface area is 64.5 Å². The first-order valence-corrected chi connectivity index (χ1v) is 2.84. The van der Waals surface area contributed by atoms with Crippen LogP contribution in [0.3, 0.4) is 0 Å². The van der Waals surface area contributed by atoms with E-state index in [1.165, 1.54) is 0 Å². The van der Waals surface area contributed by atoms with Crippen molar-refractivity contribution in [2.24, 2.45) is 5.73 Å². The zero-order valence-electron chi connectivity index (χ0n) is 5.76. The zero-order valence-corrected chi connectivity index (χ0v) is 5.76. The van der Waals surface area contributed by atoms with Crippen molar-refractivity contribution in [3.8, 4) is 0 Å². The minimum Gasteiger partial charge on any atom is -0.323 e. The Bertz CT molecular complexity index is 120. The predicted octanol–water partition coefficient (Wildman–Crippen LogP) is 2.38. The molecule has 0 aromatic heterocycles. The normalized spacial score (nSPS) is 14.0. The van der Waals surface area contributed by atoms with E-state index in [2.05, 4.69) is 5.73 Å². The second-order valence-electron chi connectivity index (χ2n) is 2.24. The van der Waals surface area contributed by atoms with Crippen LogP contribution in [0.1, 0.15) is 12.8 Å². The summed E-state index contributed by atoms with van der Waals surface area (Å²) in [6, 6.07) is -1.12.